The molecule has 0 saturated heterocycles. The van der Waals surface area contributed by atoms with Gasteiger partial charge in [-0.15, -0.1) is 0 Å². The summed E-state index contributed by atoms with van der Waals surface area (Å²) in [7, 11) is -5.96. The van der Waals surface area contributed by atoms with Crippen LogP contribution in [0.15, 0.2) is 35.2 Å². The standard InChI is InChI=1S/C7H8F2O3S/c8-7(9)13(10,11,12)6-4-2-1-3-5-6/h1-5,7H,(H2,10,11,12). The van der Waals surface area contributed by atoms with Crippen LogP contribution in [0.2, 0.25) is 0 Å². The second-order valence-corrected chi connectivity index (χ2v) is 5.17. The van der Waals surface area contributed by atoms with Gasteiger partial charge in [0.05, 0.1) is 4.90 Å². The molecule has 0 aromatic heterocycles. The van der Waals surface area contributed by atoms with Gasteiger partial charge in [-0.2, -0.15) is 8.78 Å². The van der Waals surface area contributed by atoms with Gasteiger partial charge in [-0.3, -0.25) is 0 Å². The Bertz CT molecular complexity index is 357. The molecule has 0 fully saturated rings. The van der Waals surface area contributed by atoms with E-state index >= 15 is 0 Å². The highest BCUT2D eigenvalue weighted by molar-refractivity contribution is 8.10. The normalized spacial score (nSPS) is 15.3. The smallest absolute Gasteiger partial charge is 0.300 e. The number of benzene rings is 1. The first-order chi connectivity index (χ1) is 5.83. The SMILES string of the molecule is O=S(O)(O)(c1ccccc1)C(F)F. The van der Waals surface area contributed by atoms with E-state index in [9.17, 15) is 13.0 Å². The minimum absolute atomic E-state index is 0.672. The van der Waals surface area contributed by atoms with E-state index < -0.39 is 20.3 Å². The van der Waals surface area contributed by atoms with E-state index in [4.69, 9.17) is 9.11 Å². The lowest BCUT2D eigenvalue weighted by atomic mass is 10.4. The van der Waals surface area contributed by atoms with Gasteiger partial charge in [0, 0.05) is 0 Å². The number of hydrogen-bond acceptors (Lipinski definition) is 1. The van der Waals surface area contributed by atoms with Crippen LogP contribution in [0.25, 0.3) is 0 Å². The van der Waals surface area contributed by atoms with E-state index in [-0.39, 0.29) is 0 Å². The molecule has 0 atom stereocenters. The molecule has 0 unspecified atom stereocenters. The van der Waals surface area contributed by atoms with Crippen LogP contribution < -0.4 is 0 Å². The van der Waals surface area contributed by atoms with Gasteiger partial charge >= 0.3 is 5.76 Å². The fraction of sp³-hybridized carbons (Fsp3) is 0.143. The molecule has 0 aliphatic carbocycles. The van der Waals surface area contributed by atoms with Crippen molar-refractivity contribution < 1.29 is 22.1 Å². The van der Waals surface area contributed by atoms with Crippen LogP contribution in [0.3, 0.4) is 0 Å². The van der Waals surface area contributed by atoms with Crippen LogP contribution >= 0.6 is 0 Å². The molecule has 0 spiro atoms. The highest BCUT2D eigenvalue weighted by atomic mass is 32.3. The maximum Gasteiger partial charge on any atom is 0.337 e. The molecule has 0 bridgehead atoms. The first-order valence-electron chi connectivity index (χ1n) is 3.32. The van der Waals surface area contributed by atoms with E-state index in [0.717, 1.165) is 12.1 Å². The highest BCUT2D eigenvalue weighted by Crippen LogP contribution is 2.34. The molecule has 13 heavy (non-hydrogen) atoms. The number of rotatable bonds is 2. The monoisotopic (exact) mass is 210 g/mol. The topological polar surface area (TPSA) is 57.5 Å². The molecule has 0 aliphatic rings. The molecule has 0 amide bonds. The van der Waals surface area contributed by atoms with Crippen molar-refractivity contribution in [2.45, 2.75) is 10.7 Å². The fourth-order valence-electron chi connectivity index (χ4n) is 0.779. The summed E-state index contributed by atoms with van der Waals surface area (Å²) in [5.41, 5.74) is 0. The summed E-state index contributed by atoms with van der Waals surface area (Å²) in [4.78, 5) is -0.672. The lowest BCUT2D eigenvalue weighted by Crippen LogP contribution is -2.39. The van der Waals surface area contributed by atoms with E-state index in [1.165, 1.54) is 18.2 Å². The predicted octanol–water partition coefficient (Wildman–Crippen LogP) is 2.03. The zero-order chi connectivity index (χ0) is 10.1. The van der Waals surface area contributed by atoms with Gasteiger partial charge < -0.3 is 9.11 Å². The molecule has 6 heteroatoms. The van der Waals surface area contributed by atoms with E-state index in [1.807, 2.05) is 0 Å². The van der Waals surface area contributed by atoms with Crippen molar-refractivity contribution in [2.24, 2.45) is 0 Å². The van der Waals surface area contributed by atoms with Crippen LogP contribution in [0.4, 0.5) is 8.78 Å². The summed E-state index contributed by atoms with van der Waals surface area (Å²) in [6.45, 7) is 0. The number of hydrogen-bond donors (Lipinski definition) is 2. The van der Waals surface area contributed by atoms with E-state index in [1.54, 1.807) is 0 Å². The third-order valence-electron chi connectivity index (χ3n) is 1.51. The van der Waals surface area contributed by atoms with Gasteiger partial charge in [-0.05, 0) is 12.1 Å². The van der Waals surface area contributed by atoms with Gasteiger partial charge in [0.25, 0.3) is 0 Å². The van der Waals surface area contributed by atoms with Crippen molar-refractivity contribution in [2.75, 3.05) is 0 Å². The Morgan fingerprint density at radius 2 is 1.62 bits per heavy atom. The van der Waals surface area contributed by atoms with Gasteiger partial charge in [0.15, 0.2) is 9.63 Å². The summed E-state index contributed by atoms with van der Waals surface area (Å²) < 4.78 is 53.1. The summed E-state index contributed by atoms with van der Waals surface area (Å²) >= 11 is 0. The molecule has 3 nitrogen and oxygen atoms in total. The third kappa shape index (κ3) is 1.74. The van der Waals surface area contributed by atoms with Gasteiger partial charge in [-0.25, -0.2) is 4.21 Å². The lowest BCUT2D eigenvalue weighted by molar-refractivity contribution is 0.188. The Hall–Kier alpha value is -0.850. The minimum Gasteiger partial charge on any atom is -0.300 e. The van der Waals surface area contributed by atoms with Crippen molar-refractivity contribution in [1.82, 2.24) is 0 Å². The van der Waals surface area contributed by atoms with Crippen LogP contribution in [0.1, 0.15) is 0 Å². The molecule has 1 aromatic carbocycles. The van der Waals surface area contributed by atoms with Crippen LogP contribution in [-0.2, 0) is 9.63 Å². The summed E-state index contributed by atoms with van der Waals surface area (Å²) in [6.07, 6.45) is 0. The molecule has 1 aromatic rings. The molecule has 0 aliphatic heterocycles. The molecule has 0 heterocycles. The molecule has 0 radical (unpaired) electrons. The van der Waals surface area contributed by atoms with Gasteiger partial charge in [-0.1, -0.05) is 18.2 Å². The Morgan fingerprint density at radius 1 is 1.15 bits per heavy atom. The predicted molar refractivity (Wildman–Crippen MR) is 44.1 cm³/mol. The maximum absolute atomic E-state index is 12.1. The second-order valence-electron chi connectivity index (χ2n) is 2.50. The number of halogens is 2. The number of alkyl halides is 2. The van der Waals surface area contributed by atoms with Crippen molar-refractivity contribution in [3.8, 4) is 0 Å². The Kier molecular flexibility index (Phi) is 2.23. The molecular weight excluding hydrogens is 202 g/mol. The van der Waals surface area contributed by atoms with Crippen molar-refractivity contribution in [3.63, 3.8) is 0 Å². The highest BCUT2D eigenvalue weighted by Gasteiger charge is 2.43. The van der Waals surface area contributed by atoms with E-state index in [0.29, 0.717) is 0 Å². The average molecular weight is 210 g/mol. The van der Waals surface area contributed by atoms with Gasteiger partial charge in [0.2, 0.25) is 0 Å². The van der Waals surface area contributed by atoms with E-state index in [2.05, 4.69) is 0 Å². The Balaban J connectivity index is 3.30. The minimum atomic E-state index is -5.96. The van der Waals surface area contributed by atoms with Crippen molar-refractivity contribution in [1.29, 1.82) is 0 Å². The molecule has 0 saturated carbocycles. The molecular formula is C7H8F2O3S. The average Bonchev–Trinajstić information content (AvgIpc) is 2.05. The molecule has 2 N–H and O–H groups in total. The Labute approximate surface area is 73.4 Å². The van der Waals surface area contributed by atoms with Crippen LogP contribution in [-0.4, -0.2) is 19.1 Å². The second kappa shape index (κ2) is 2.83. The lowest BCUT2D eigenvalue weighted by Gasteiger charge is -2.29. The summed E-state index contributed by atoms with van der Waals surface area (Å²) in [6, 6.07) is 6.01. The maximum atomic E-state index is 12.1. The largest absolute Gasteiger partial charge is 0.337 e. The van der Waals surface area contributed by atoms with Crippen LogP contribution in [0, 0.1) is 0 Å². The Morgan fingerprint density at radius 3 is 2.00 bits per heavy atom. The van der Waals surface area contributed by atoms with Crippen molar-refractivity contribution in [3.05, 3.63) is 30.3 Å². The van der Waals surface area contributed by atoms with Gasteiger partial charge in [0.1, 0.15) is 0 Å². The first-order valence-corrected chi connectivity index (χ1v) is 5.26. The third-order valence-corrected chi connectivity index (χ3v) is 3.31. The van der Waals surface area contributed by atoms with Crippen LogP contribution in [0.5, 0.6) is 0 Å². The fourth-order valence-corrected chi connectivity index (χ4v) is 1.65. The summed E-state index contributed by atoms with van der Waals surface area (Å²) in [5.74, 6) is -3.71. The first kappa shape index (κ1) is 10.2. The molecule has 1 rings (SSSR count). The van der Waals surface area contributed by atoms with Crippen molar-refractivity contribution >= 4 is 9.63 Å². The molecule has 74 valence electrons. The zero-order valence-corrected chi connectivity index (χ0v) is 7.25. The zero-order valence-electron chi connectivity index (χ0n) is 6.43. The summed E-state index contributed by atoms with van der Waals surface area (Å²) in [5, 5.41) is 0. The quantitative estimate of drug-likeness (QED) is 0.785.